The zero-order valence-electron chi connectivity index (χ0n) is 18.8. The molecular weight excluding hydrogens is 418 g/mol. The number of fused-ring (bicyclic) bond motifs is 1. The number of carbonyl (C=O) groups excluding carboxylic acids is 2. The van der Waals surface area contributed by atoms with E-state index in [2.05, 4.69) is 18.3 Å². The number of amides is 2. The highest BCUT2D eigenvalue weighted by Gasteiger charge is 2.41. The molecule has 0 bridgehead atoms. The largest absolute Gasteiger partial charge is 0.356 e. The second kappa shape index (κ2) is 9.82. The number of carbonyl (C=O) groups is 2. The van der Waals surface area contributed by atoms with E-state index in [0.29, 0.717) is 38.9 Å². The summed E-state index contributed by atoms with van der Waals surface area (Å²) in [5.74, 6) is 0.243. The molecule has 2 amide bonds. The third kappa shape index (κ3) is 4.70. The van der Waals surface area contributed by atoms with Gasteiger partial charge in [0.25, 0.3) is 0 Å². The zero-order chi connectivity index (χ0) is 22.6. The summed E-state index contributed by atoms with van der Waals surface area (Å²) in [6.07, 6.45) is 2.93. The fourth-order valence-electron chi connectivity index (χ4n) is 4.49. The molecule has 0 aliphatic carbocycles. The fraction of sp³-hybridized carbons (Fsp3) is 0.423. The number of nitrogens with one attached hydrogen (secondary N) is 1. The van der Waals surface area contributed by atoms with E-state index < -0.39 is 5.41 Å². The zero-order valence-corrected chi connectivity index (χ0v) is 19.7. The molecule has 0 radical (unpaired) electrons. The van der Waals surface area contributed by atoms with Crippen LogP contribution < -0.4 is 5.32 Å². The van der Waals surface area contributed by atoms with Crippen molar-refractivity contribution in [3.05, 3.63) is 65.2 Å². The third-order valence-electron chi connectivity index (χ3n) is 6.43. The smallest absolute Gasteiger partial charge is 0.233 e. The molecule has 4 rings (SSSR count). The summed E-state index contributed by atoms with van der Waals surface area (Å²) in [6.45, 7) is 6.04. The summed E-state index contributed by atoms with van der Waals surface area (Å²) in [6, 6.07) is 18.1. The van der Waals surface area contributed by atoms with E-state index in [4.69, 9.17) is 4.98 Å². The van der Waals surface area contributed by atoms with Crippen LogP contribution in [0.2, 0.25) is 0 Å². The summed E-state index contributed by atoms with van der Waals surface area (Å²) in [5, 5.41) is 3.97. The van der Waals surface area contributed by atoms with E-state index in [-0.39, 0.29) is 17.7 Å². The average Bonchev–Trinajstić information content (AvgIpc) is 3.24. The first-order valence-corrected chi connectivity index (χ1v) is 12.3. The molecule has 1 N–H and O–H groups in total. The van der Waals surface area contributed by atoms with E-state index in [0.717, 1.165) is 27.2 Å². The SMILES string of the molecule is CCCNC(=O)C1CCN(C(=O)C(C)(Cc2nc3ccccc3s2)c2ccccc2)CC1. The number of hydrogen-bond acceptors (Lipinski definition) is 4. The number of hydrogen-bond donors (Lipinski definition) is 1. The lowest BCUT2D eigenvalue weighted by molar-refractivity contribution is -0.140. The van der Waals surface area contributed by atoms with E-state index in [1.807, 2.05) is 60.4 Å². The van der Waals surface area contributed by atoms with Crippen molar-refractivity contribution in [2.45, 2.75) is 44.9 Å². The van der Waals surface area contributed by atoms with Gasteiger partial charge in [0.15, 0.2) is 0 Å². The topological polar surface area (TPSA) is 62.3 Å². The van der Waals surface area contributed by atoms with Gasteiger partial charge >= 0.3 is 0 Å². The van der Waals surface area contributed by atoms with Gasteiger partial charge in [-0.15, -0.1) is 11.3 Å². The van der Waals surface area contributed by atoms with Crippen molar-refractivity contribution in [2.75, 3.05) is 19.6 Å². The number of aromatic nitrogens is 1. The predicted octanol–water partition coefficient (Wildman–Crippen LogP) is 4.56. The second-order valence-electron chi connectivity index (χ2n) is 8.81. The van der Waals surface area contributed by atoms with Gasteiger partial charge in [0.1, 0.15) is 0 Å². The number of rotatable bonds is 7. The Kier molecular flexibility index (Phi) is 6.89. The van der Waals surface area contributed by atoms with Crippen molar-refractivity contribution in [1.82, 2.24) is 15.2 Å². The molecule has 1 saturated heterocycles. The van der Waals surface area contributed by atoms with Crippen molar-refractivity contribution < 1.29 is 9.59 Å². The Labute approximate surface area is 193 Å². The van der Waals surface area contributed by atoms with Crippen molar-refractivity contribution >= 4 is 33.4 Å². The molecule has 1 fully saturated rings. The normalized spacial score (nSPS) is 16.6. The van der Waals surface area contributed by atoms with Crippen LogP contribution in [0.15, 0.2) is 54.6 Å². The Balaban J connectivity index is 1.54. The Morgan fingerprint density at radius 1 is 1.09 bits per heavy atom. The molecule has 0 saturated carbocycles. The molecule has 1 unspecified atom stereocenters. The van der Waals surface area contributed by atoms with Crippen molar-refractivity contribution in [2.24, 2.45) is 5.92 Å². The van der Waals surface area contributed by atoms with Gasteiger partial charge in [-0.05, 0) is 43.9 Å². The lowest BCUT2D eigenvalue weighted by atomic mass is 9.77. The number of para-hydroxylation sites is 1. The van der Waals surface area contributed by atoms with E-state index in [9.17, 15) is 9.59 Å². The highest BCUT2D eigenvalue weighted by molar-refractivity contribution is 7.18. The van der Waals surface area contributed by atoms with Crippen LogP contribution in [0.25, 0.3) is 10.2 Å². The molecule has 32 heavy (non-hydrogen) atoms. The van der Waals surface area contributed by atoms with Crippen LogP contribution in [0.4, 0.5) is 0 Å². The van der Waals surface area contributed by atoms with Crippen LogP contribution in [0.3, 0.4) is 0 Å². The Morgan fingerprint density at radius 2 is 1.78 bits per heavy atom. The van der Waals surface area contributed by atoms with Crippen molar-refractivity contribution in [1.29, 1.82) is 0 Å². The predicted molar refractivity (Wildman–Crippen MR) is 130 cm³/mol. The summed E-state index contributed by atoms with van der Waals surface area (Å²) in [5.41, 5.74) is 1.29. The van der Waals surface area contributed by atoms with Gasteiger partial charge in [-0.3, -0.25) is 9.59 Å². The van der Waals surface area contributed by atoms with Gasteiger partial charge in [0, 0.05) is 32.0 Å². The number of piperidine rings is 1. The van der Waals surface area contributed by atoms with Crippen molar-refractivity contribution in [3.8, 4) is 0 Å². The van der Waals surface area contributed by atoms with E-state index in [1.165, 1.54) is 0 Å². The quantitative estimate of drug-likeness (QED) is 0.575. The molecule has 1 aliphatic heterocycles. The molecule has 3 aromatic rings. The summed E-state index contributed by atoms with van der Waals surface area (Å²) in [7, 11) is 0. The van der Waals surface area contributed by atoms with Gasteiger partial charge < -0.3 is 10.2 Å². The third-order valence-corrected chi connectivity index (χ3v) is 7.46. The maximum atomic E-state index is 13.9. The van der Waals surface area contributed by atoms with E-state index >= 15 is 0 Å². The molecule has 6 heteroatoms. The number of thiazole rings is 1. The molecule has 2 aromatic carbocycles. The Hall–Kier alpha value is -2.73. The van der Waals surface area contributed by atoms with Gasteiger partial charge in [-0.2, -0.15) is 0 Å². The molecule has 1 atom stereocenters. The van der Waals surface area contributed by atoms with Crippen LogP contribution in [0.1, 0.15) is 43.7 Å². The van der Waals surface area contributed by atoms with Crippen LogP contribution in [0.5, 0.6) is 0 Å². The standard InChI is InChI=1S/C26H31N3O2S/c1-3-15-27-24(30)19-13-16-29(17-14-19)25(31)26(2,20-9-5-4-6-10-20)18-23-28-21-11-7-8-12-22(21)32-23/h4-12,19H,3,13-18H2,1-2H3,(H,27,30). The first kappa shape index (κ1) is 22.5. The maximum absolute atomic E-state index is 13.9. The summed E-state index contributed by atoms with van der Waals surface area (Å²) < 4.78 is 1.14. The first-order valence-electron chi connectivity index (χ1n) is 11.5. The van der Waals surface area contributed by atoms with Crippen molar-refractivity contribution in [3.63, 3.8) is 0 Å². The van der Waals surface area contributed by atoms with Crippen LogP contribution >= 0.6 is 11.3 Å². The van der Waals surface area contributed by atoms with Crippen LogP contribution in [-0.4, -0.2) is 41.3 Å². The average molecular weight is 450 g/mol. The van der Waals surface area contributed by atoms with Gasteiger partial charge in [0.05, 0.1) is 20.6 Å². The van der Waals surface area contributed by atoms with Gasteiger partial charge in [-0.25, -0.2) is 4.98 Å². The monoisotopic (exact) mass is 449 g/mol. The van der Waals surface area contributed by atoms with Crippen LogP contribution in [0, 0.1) is 5.92 Å². The molecule has 2 heterocycles. The molecule has 168 valence electrons. The van der Waals surface area contributed by atoms with Gasteiger partial charge in [-0.1, -0.05) is 49.4 Å². The van der Waals surface area contributed by atoms with Crippen LogP contribution in [-0.2, 0) is 21.4 Å². The minimum atomic E-state index is -0.702. The summed E-state index contributed by atoms with van der Waals surface area (Å²) in [4.78, 5) is 33.0. The lowest BCUT2D eigenvalue weighted by Crippen LogP contribution is -2.50. The maximum Gasteiger partial charge on any atom is 0.233 e. The second-order valence-corrected chi connectivity index (χ2v) is 9.92. The number of nitrogens with zero attached hydrogens (tertiary/aromatic N) is 2. The molecule has 0 spiro atoms. The van der Waals surface area contributed by atoms with Gasteiger partial charge in [0.2, 0.25) is 11.8 Å². The fourth-order valence-corrected chi connectivity index (χ4v) is 5.61. The highest BCUT2D eigenvalue weighted by Crippen LogP contribution is 2.34. The highest BCUT2D eigenvalue weighted by atomic mass is 32.1. The molecular formula is C26H31N3O2S. The Morgan fingerprint density at radius 3 is 2.47 bits per heavy atom. The minimum Gasteiger partial charge on any atom is -0.356 e. The molecule has 1 aromatic heterocycles. The lowest BCUT2D eigenvalue weighted by Gasteiger charge is -2.38. The first-order chi connectivity index (χ1) is 15.5. The molecule has 5 nitrogen and oxygen atoms in total. The number of likely N-dealkylation sites (tertiary alicyclic amines) is 1. The summed E-state index contributed by atoms with van der Waals surface area (Å²) >= 11 is 1.66. The minimum absolute atomic E-state index is 0.00200. The number of benzene rings is 2. The Bertz CT molecular complexity index is 1040. The van der Waals surface area contributed by atoms with E-state index in [1.54, 1.807) is 11.3 Å². The molecule has 1 aliphatic rings.